The van der Waals surface area contributed by atoms with Crippen molar-refractivity contribution in [1.29, 1.82) is 0 Å². The molecule has 0 saturated heterocycles. The van der Waals surface area contributed by atoms with Gasteiger partial charge in [0, 0.05) is 20.5 Å². The first kappa shape index (κ1) is 17.3. The number of aryl methyl sites for hydroxylation is 2. The number of fused-ring (bicyclic) bond motifs is 6. The summed E-state index contributed by atoms with van der Waals surface area (Å²) < 4.78 is 11.9. The van der Waals surface area contributed by atoms with E-state index in [1.165, 1.54) is 63.9 Å². The largest absolute Gasteiger partial charge is 0.172 e. The van der Waals surface area contributed by atoms with Crippen LogP contribution < -0.4 is 0 Å². The topological polar surface area (TPSA) is 25.8 Å². The summed E-state index contributed by atoms with van der Waals surface area (Å²) in [5.74, 6) is 0. The third-order valence-corrected chi connectivity index (χ3v) is 8.40. The number of hydrogen-bond acceptors (Lipinski definition) is 5. The molecule has 0 radical (unpaired) electrons. The lowest BCUT2D eigenvalue weighted by molar-refractivity contribution is 1.48. The molecule has 3 aromatic heterocycles. The van der Waals surface area contributed by atoms with Crippen molar-refractivity contribution in [1.82, 2.24) is 8.75 Å². The average Bonchev–Trinajstić information content (AvgIpc) is 3.45. The van der Waals surface area contributed by atoms with Gasteiger partial charge in [-0.3, -0.25) is 0 Å². The molecule has 0 saturated carbocycles. The van der Waals surface area contributed by atoms with Gasteiger partial charge < -0.3 is 0 Å². The lowest BCUT2D eigenvalue weighted by Crippen LogP contribution is -1.74. The molecule has 3 aromatic carbocycles. The highest BCUT2D eigenvalue weighted by atomic mass is 32.1. The molecule has 0 aliphatic carbocycles. The van der Waals surface area contributed by atoms with Crippen LogP contribution in [0.15, 0.2) is 60.7 Å². The molecule has 3 heterocycles. The Labute approximate surface area is 180 Å². The number of hydrogen-bond donors (Lipinski definition) is 0. The van der Waals surface area contributed by atoms with E-state index in [-0.39, 0.29) is 0 Å². The summed E-state index contributed by atoms with van der Waals surface area (Å²) in [7, 11) is 0. The van der Waals surface area contributed by atoms with E-state index in [1.54, 1.807) is 0 Å². The summed E-state index contributed by atoms with van der Waals surface area (Å²) in [5, 5.41) is 2.44. The molecule has 0 N–H and O–H groups in total. The van der Waals surface area contributed by atoms with E-state index in [4.69, 9.17) is 0 Å². The van der Waals surface area contributed by atoms with E-state index < -0.39 is 0 Å². The van der Waals surface area contributed by atoms with Crippen molar-refractivity contribution in [3.63, 3.8) is 0 Å². The number of aromatic nitrogens is 2. The van der Waals surface area contributed by atoms with Gasteiger partial charge in [-0.25, -0.2) is 0 Å². The molecule has 0 fully saturated rings. The number of nitrogens with zero attached hydrogens (tertiary/aromatic N) is 2. The minimum atomic E-state index is 1.03. The van der Waals surface area contributed by atoms with E-state index in [2.05, 4.69) is 83.3 Å². The molecule has 0 aliphatic heterocycles. The summed E-state index contributed by atoms with van der Waals surface area (Å²) in [6.07, 6.45) is 0. The van der Waals surface area contributed by atoms with Crippen LogP contribution in [0.1, 0.15) is 11.1 Å². The van der Waals surface area contributed by atoms with Gasteiger partial charge in [-0.2, -0.15) is 8.75 Å². The van der Waals surface area contributed by atoms with Gasteiger partial charge in [0.05, 0.1) is 21.1 Å². The molecule has 6 aromatic rings. The van der Waals surface area contributed by atoms with Crippen LogP contribution in [-0.2, 0) is 0 Å². The Bertz CT molecular complexity index is 1390. The second-order valence-electron chi connectivity index (χ2n) is 7.40. The maximum Gasteiger partial charge on any atom is 0.114 e. The molecule has 5 heteroatoms. The quantitative estimate of drug-likeness (QED) is 0.279. The molecular formula is C24H16N2S3. The van der Waals surface area contributed by atoms with Gasteiger partial charge in [0.1, 0.15) is 11.0 Å². The van der Waals surface area contributed by atoms with Gasteiger partial charge >= 0.3 is 0 Å². The number of thiophene rings is 2. The zero-order chi connectivity index (χ0) is 19.5. The highest BCUT2D eigenvalue weighted by molar-refractivity contribution is 7.30. The van der Waals surface area contributed by atoms with Crippen molar-refractivity contribution in [3.05, 3.63) is 71.8 Å². The van der Waals surface area contributed by atoms with Crippen LogP contribution in [0.2, 0.25) is 0 Å². The van der Waals surface area contributed by atoms with Crippen LogP contribution in [0.5, 0.6) is 0 Å². The molecular weight excluding hydrogens is 412 g/mol. The Morgan fingerprint density at radius 1 is 0.586 bits per heavy atom. The normalized spacial score (nSPS) is 11.8. The first-order valence-electron chi connectivity index (χ1n) is 9.43. The van der Waals surface area contributed by atoms with E-state index in [0.29, 0.717) is 0 Å². The maximum atomic E-state index is 4.65. The van der Waals surface area contributed by atoms with Gasteiger partial charge in [0.15, 0.2) is 0 Å². The van der Waals surface area contributed by atoms with Crippen LogP contribution in [0.3, 0.4) is 0 Å². The molecule has 0 aliphatic rings. The molecule has 29 heavy (non-hydrogen) atoms. The fourth-order valence-electron chi connectivity index (χ4n) is 3.73. The molecule has 0 atom stereocenters. The van der Waals surface area contributed by atoms with Gasteiger partial charge in [-0.1, -0.05) is 59.7 Å². The van der Waals surface area contributed by atoms with Crippen LogP contribution in [-0.4, -0.2) is 8.75 Å². The fraction of sp³-hybridized carbons (Fsp3) is 0.0833. The number of rotatable bonds is 2. The second kappa shape index (κ2) is 6.46. The minimum Gasteiger partial charge on any atom is -0.172 e. The van der Waals surface area contributed by atoms with Crippen molar-refractivity contribution in [2.75, 3.05) is 0 Å². The van der Waals surface area contributed by atoms with Crippen molar-refractivity contribution in [3.8, 4) is 20.9 Å². The van der Waals surface area contributed by atoms with Gasteiger partial charge in [-0.05, 0) is 37.1 Å². The Morgan fingerprint density at radius 3 is 1.41 bits per heavy atom. The molecule has 0 amide bonds. The van der Waals surface area contributed by atoms with Gasteiger partial charge in [-0.15, -0.1) is 22.7 Å². The second-order valence-corrected chi connectivity index (χ2v) is 10.0. The molecule has 140 valence electrons. The van der Waals surface area contributed by atoms with E-state index in [0.717, 1.165) is 11.0 Å². The van der Waals surface area contributed by atoms with E-state index in [1.807, 2.05) is 22.7 Å². The number of benzene rings is 3. The zero-order valence-electron chi connectivity index (χ0n) is 15.9. The SMILES string of the molecule is Cc1ccc(-c2cc3c4nsnc4c4cc(-c5ccc(C)cc5)sc4c3s2)cc1. The average molecular weight is 429 g/mol. The Kier molecular flexibility index (Phi) is 3.85. The smallest absolute Gasteiger partial charge is 0.114 e. The van der Waals surface area contributed by atoms with Crippen LogP contribution in [0, 0.1) is 13.8 Å². The third-order valence-electron chi connectivity index (χ3n) is 5.34. The summed E-state index contributed by atoms with van der Waals surface area (Å²) >= 11 is 5.03. The van der Waals surface area contributed by atoms with Crippen LogP contribution in [0.25, 0.3) is 52.1 Å². The van der Waals surface area contributed by atoms with Crippen molar-refractivity contribution in [2.24, 2.45) is 0 Å². The highest BCUT2D eigenvalue weighted by Crippen LogP contribution is 2.46. The summed E-state index contributed by atoms with van der Waals surface area (Å²) in [6.45, 7) is 4.25. The maximum absolute atomic E-state index is 4.65. The Balaban J connectivity index is 1.65. The highest BCUT2D eigenvalue weighted by Gasteiger charge is 2.18. The standard InChI is InChI=1S/C24H16N2S3/c1-13-3-7-15(8-4-13)19-11-17-21-22(26-29-25-21)18-12-20(28-24(18)23(17)27-19)16-9-5-14(2)6-10-16/h3-12H,1-2H3. The molecule has 6 rings (SSSR count). The monoisotopic (exact) mass is 428 g/mol. The van der Waals surface area contributed by atoms with Gasteiger partial charge in [0.2, 0.25) is 0 Å². The van der Waals surface area contributed by atoms with Crippen LogP contribution in [0.4, 0.5) is 0 Å². The zero-order valence-corrected chi connectivity index (χ0v) is 18.3. The van der Waals surface area contributed by atoms with Crippen molar-refractivity contribution < 1.29 is 0 Å². The fourth-order valence-corrected chi connectivity index (χ4v) is 6.79. The first-order chi connectivity index (χ1) is 14.2. The predicted octanol–water partition coefficient (Wildman–Crippen LogP) is 8.07. The summed E-state index contributed by atoms with van der Waals surface area (Å²) in [6, 6.07) is 22.1. The lowest BCUT2D eigenvalue weighted by atomic mass is 10.1. The van der Waals surface area contributed by atoms with E-state index >= 15 is 0 Å². The molecule has 0 unspecified atom stereocenters. The van der Waals surface area contributed by atoms with Crippen LogP contribution >= 0.6 is 34.4 Å². The third kappa shape index (κ3) is 2.73. The first-order valence-corrected chi connectivity index (χ1v) is 11.8. The lowest BCUT2D eigenvalue weighted by Gasteiger charge is -1.97. The van der Waals surface area contributed by atoms with Crippen molar-refractivity contribution in [2.45, 2.75) is 13.8 Å². The predicted molar refractivity (Wildman–Crippen MR) is 129 cm³/mol. The summed E-state index contributed by atoms with van der Waals surface area (Å²) in [5.41, 5.74) is 7.14. The summed E-state index contributed by atoms with van der Waals surface area (Å²) in [4.78, 5) is 2.57. The minimum absolute atomic E-state index is 1.03. The Hall–Kier alpha value is -2.60. The van der Waals surface area contributed by atoms with E-state index in [9.17, 15) is 0 Å². The molecule has 2 nitrogen and oxygen atoms in total. The Morgan fingerprint density at radius 2 is 1.00 bits per heavy atom. The van der Waals surface area contributed by atoms with Crippen molar-refractivity contribution >= 4 is 65.6 Å². The molecule has 0 spiro atoms. The van der Waals surface area contributed by atoms with Gasteiger partial charge in [0.25, 0.3) is 0 Å². The molecule has 0 bridgehead atoms.